The van der Waals surface area contributed by atoms with E-state index in [0.717, 1.165) is 0 Å². The fraction of sp³-hybridized carbons (Fsp3) is 0.933. The first-order valence-corrected chi connectivity index (χ1v) is 8.03. The Morgan fingerprint density at radius 3 is 1.79 bits per heavy atom. The van der Waals surface area contributed by atoms with Crippen molar-refractivity contribution in [2.75, 3.05) is 33.5 Å². The maximum atomic E-state index is 10.8. The quantitative estimate of drug-likeness (QED) is 0.560. The van der Waals surface area contributed by atoms with Gasteiger partial charge in [-0.2, -0.15) is 0 Å². The number of hydrogen-bond acceptors (Lipinski definition) is 9. The molecular weight excluding hydrogens is 324 g/mol. The van der Waals surface area contributed by atoms with Crippen molar-refractivity contribution < 1.29 is 43.4 Å². The minimum Gasteiger partial charge on any atom is -0.457 e. The maximum absolute atomic E-state index is 10.8. The summed E-state index contributed by atoms with van der Waals surface area (Å²) in [5.74, 6) is -0.302. The van der Waals surface area contributed by atoms with Crippen LogP contribution in [-0.4, -0.2) is 98.6 Å². The number of carbonyl (C=O) groups is 1. The van der Waals surface area contributed by atoms with Crippen LogP contribution in [0.2, 0.25) is 0 Å². The molecule has 9 nitrogen and oxygen atoms in total. The summed E-state index contributed by atoms with van der Waals surface area (Å²) < 4.78 is 31.3. The highest BCUT2D eigenvalue weighted by atomic mass is 16.7. The van der Waals surface area contributed by atoms with Gasteiger partial charge >= 0.3 is 5.97 Å². The zero-order valence-electron chi connectivity index (χ0n) is 13.7. The van der Waals surface area contributed by atoms with Gasteiger partial charge in [0.05, 0.1) is 26.4 Å². The molecule has 0 bridgehead atoms. The molecule has 0 aromatic carbocycles. The highest BCUT2D eigenvalue weighted by Crippen LogP contribution is 2.30. The van der Waals surface area contributed by atoms with Crippen molar-refractivity contribution >= 4 is 5.97 Å². The molecular formula is C15H24O9. The van der Waals surface area contributed by atoms with Crippen molar-refractivity contribution in [3.8, 4) is 0 Å². The maximum Gasteiger partial charge on any atom is 0.303 e. The molecule has 4 heterocycles. The van der Waals surface area contributed by atoms with E-state index in [-0.39, 0.29) is 55.8 Å². The lowest BCUT2D eigenvalue weighted by molar-refractivity contribution is -0.151. The Hall–Kier alpha value is -0.810. The average molecular weight is 348 g/mol. The Bertz CT molecular complexity index is 429. The van der Waals surface area contributed by atoms with E-state index in [9.17, 15) is 4.79 Å². The summed E-state index contributed by atoms with van der Waals surface area (Å²) in [7, 11) is 1.62. The molecule has 4 saturated heterocycles. The van der Waals surface area contributed by atoms with Gasteiger partial charge in [0.25, 0.3) is 0 Å². The normalized spacial score (nSPS) is 46.2. The Morgan fingerprint density at radius 2 is 1.29 bits per heavy atom. The molecule has 0 aromatic rings. The van der Waals surface area contributed by atoms with E-state index in [1.165, 1.54) is 6.92 Å². The fourth-order valence-corrected chi connectivity index (χ4v) is 3.40. The van der Waals surface area contributed by atoms with Crippen LogP contribution < -0.4 is 0 Å². The number of hydrogen-bond donors (Lipinski definition) is 2. The van der Waals surface area contributed by atoms with Crippen LogP contribution >= 0.6 is 0 Å². The summed E-state index contributed by atoms with van der Waals surface area (Å²) in [5, 5.41) is 18.3. The van der Waals surface area contributed by atoms with Gasteiger partial charge in [0.1, 0.15) is 42.7 Å². The van der Waals surface area contributed by atoms with Crippen molar-refractivity contribution in [1.29, 1.82) is 0 Å². The van der Waals surface area contributed by atoms with Crippen LogP contribution in [0.25, 0.3) is 0 Å². The number of carbonyl (C=O) groups excluding carboxylic acids is 1. The molecule has 24 heavy (non-hydrogen) atoms. The molecule has 0 amide bonds. The van der Waals surface area contributed by atoms with Crippen molar-refractivity contribution in [1.82, 2.24) is 0 Å². The summed E-state index contributed by atoms with van der Waals surface area (Å²) >= 11 is 0. The minimum absolute atomic E-state index is 0.0411. The Morgan fingerprint density at radius 1 is 0.833 bits per heavy atom. The van der Waals surface area contributed by atoms with E-state index in [2.05, 4.69) is 0 Å². The van der Waals surface area contributed by atoms with Crippen LogP contribution in [0, 0.1) is 0 Å². The molecule has 0 saturated carbocycles. The zero-order chi connectivity index (χ0) is 17.3. The fourth-order valence-electron chi connectivity index (χ4n) is 3.40. The molecule has 9 heteroatoms. The molecule has 8 unspecified atom stereocenters. The molecule has 0 spiro atoms. The third-order valence-corrected chi connectivity index (χ3v) is 4.58. The Kier molecular flexibility index (Phi) is 5.70. The second kappa shape index (κ2) is 7.61. The third kappa shape index (κ3) is 3.57. The highest BCUT2D eigenvalue weighted by molar-refractivity contribution is 5.66. The number of rotatable bonds is 2. The second-order valence-corrected chi connectivity index (χ2v) is 6.25. The summed E-state index contributed by atoms with van der Waals surface area (Å²) in [6.07, 6.45) is -2.28. The van der Waals surface area contributed by atoms with E-state index < -0.39 is 12.2 Å². The average Bonchev–Trinajstić information content (AvgIpc) is 3.27. The van der Waals surface area contributed by atoms with Crippen LogP contribution in [0.4, 0.5) is 0 Å². The van der Waals surface area contributed by atoms with Crippen molar-refractivity contribution in [2.24, 2.45) is 0 Å². The first-order valence-electron chi connectivity index (χ1n) is 8.03. The van der Waals surface area contributed by atoms with Crippen LogP contribution in [0.15, 0.2) is 0 Å². The number of methoxy groups -OCH3 is 1. The van der Waals surface area contributed by atoms with Crippen LogP contribution in [0.5, 0.6) is 0 Å². The Labute approximate surface area is 139 Å². The Balaban J connectivity index is 0.000000149. The van der Waals surface area contributed by atoms with Gasteiger partial charge in [0, 0.05) is 14.0 Å². The van der Waals surface area contributed by atoms with Gasteiger partial charge in [0.15, 0.2) is 6.10 Å². The lowest BCUT2D eigenvalue weighted by Gasteiger charge is -2.15. The SMILES string of the molecule is COC1COC2C(OC(C)=O)COC12.OC1COC2C(O)COC12. The summed E-state index contributed by atoms with van der Waals surface area (Å²) in [6.45, 7) is 2.85. The lowest BCUT2D eigenvalue weighted by Crippen LogP contribution is -2.34. The van der Waals surface area contributed by atoms with E-state index in [1.807, 2.05) is 0 Å². The summed E-state index contributed by atoms with van der Waals surface area (Å²) in [5.41, 5.74) is 0. The summed E-state index contributed by atoms with van der Waals surface area (Å²) in [6, 6.07) is 0. The summed E-state index contributed by atoms with van der Waals surface area (Å²) in [4.78, 5) is 10.8. The molecule has 0 aromatic heterocycles. The van der Waals surface area contributed by atoms with Gasteiger partial charge in [-0.05, 0) is 0 Å². The molecule has 4 aliphatic heterocycles. The van der Waals surface area contributed by atoms with Gasteiger partial charge < -0.3 is 38.6 Å². The van der Waals surface area contributed by atoms with Gasteiger partial charge in [-0.1, -0.05) is 0 Å². The first-order chi connectivity index (χ1) is 11.5. The number of aliphatic hydroxyl groups is 2. The largest absolute Gasteiger partial charge is 0.457 e. The van der Waals surface area contributed by atoms with Crippen molar-refractivity contribution in [3.63, 3.8) is 0 Å². The van der Waals surface area contributed by atoms with Gasteiger partial charge in [-0.15, -0.1) is 0 Å². The van der Waals surface area contributed by atoms with Gasteiger partial charge in [0.2, 0.25) is 0 Å². The highest BCUT2D eigenvalue weighted by Gasteiger charge is 2.49. The number of fused-ring (bicyclic) bond motifs is 2. The molecule has 4 rings (SSSR count). The van der Waals surface area contributed by atoms with E-state index in [1.54, 1.807) is 7.11 Å². The van der Waals surface area contributed by atoms with Crippen molar-refractivity contribution in [2.45, 2.75) is 55.8 Å². The zero-order valence-corrected chi connectivity index (χ0v) is 13.7. The number of esters is 1. The molecule has 4 fully saturated rings. The van der Waals surface area contributed by atoms with E-state index >= 15 is 0 Å². The standard InChI is InChI=1S/C9H14O5.C6H10O4/c1-5(10)14-7-4-13-8-6(11-2)3-12-9(7)8;7-3-1-9-6-4(8)2-10-5(3)6/h6-9H,3-4H2,1-2H3;3-8H,1-2H2. The van der Waals surface area contributed by atoms with E-state index in [4.69, 9.17) is 38.6 Å². The topological polar surface area (TPSA) is 113 Å². The van der Waals surface area contributed by atoms with Crippen LogP contribution in [-0.2, 0) is 33.2 Å². The van der Waals surface area contributed by atoms with E-state index in [0.29, 0.717) is 13.2 Å². The van der Waals surface area contributed by atoms with Crippen molar-refractivity contribution in [3.05, 3.63) is 0 Å². The lowest BCUT2D eigenvalue weighted by atomic mass is 10.1. The van der Waals surface area contributed by atoms with Gasteiger partial charge in [-0.3, -0.25) is 4.79 Å². The number of ether oxygens (including phenoxy) is 6. The minimum atomic E-state index is -0.554. The monoisotopic (exact) mass is 348 g/mol. The van der Waals surface area contributed by atoms with Gasteiger partial charge in [-0.25, -0.2) is 0 Å². The second-order valence-electron chi connectivity index (χ2n) is 6.25. The smallest absolute Gasteiger partial charge is 0.303 e. The van der Waals surface area contributed by atoms with Crippen LogP contribution in [0.3, 0.4) is 0 Å². The predicted octanol–water partition coefficient (Wildman–Crippen LogP) is -1.76. The molecule has 2 N–H and O–H groups in total. The predicted molar refractivity (Wildman–Crippen MR) is 77.3 cm³/mol. The first kappa shape index (κ1) is 18.0. The third-order valence-electron chi connectivity index (χ3n) is 4.58. The molecule has 4 aliphatic rings. The molecule has 138 valence electrons. The number of aliphatic hydroxyl groups excluding tert-OH is 2. The molecule has 0 radical (unpaired) electrons. The van der Waals surface area contributed by atoms with Crippen LogP contribution in [0.1, 0.15) is 6.92 Å². The molecule has 0 aliphatic carbocycles. The molecule has 8 atom stereocenters.